The van der Waals surface area contributed by atoms with Crippen LogP contribution in [0.25, 0.3) is 0 Å². The van der Waals surface area contributed by atoms with Crippen molar-refractivity contribution in [1.29, 1.82) is 0 Å². The fourth-order valence-corrected chi connectivity index (χ4v) is 2.36. The summed E-state index contributed by atoms with van der Waals surface area (Å²) in [4.78, 5) is 16.6. The topological polar surface area (TPSA) is 46.9 Å². The van der Waals surface area contributed by atoms with E-state index in [1.54, 1.807) is 13.1 Å². The van der Waals surface area contributed by atoms with Crippen LogP contribution in [0, 0.1) is 13.8 Å². The third kappa shape index (κ3) is 3.32. The molecule has 1 N–H and O–H groups in total. The van der Waals surface area contributed by atoms with Gasteiger partial charge in [0.1, 0.15) is 5.69 Å². The van der Waals surface area contributed by atoms with E-state index in [0.29, 0.717) is 12.1 Å². The van der Waals surface area contributed by atoms with Crippen LogP contribution in [0.5, 0.6) is 0 Å². The number of rotatable bonds is 5. The molecule has 1 amide bonds. The highest BCUT2D eigenvalue weighted by atomic mass is 19.3. The highest BCUT2D eigenvalue weighted by Crippen LogP contribution is 2.21. The number of halogens is 2. The Kier molecular flexibility index (Phi) is 4.90. The molecule has 2 heterocycles. The van der Waals surface area contributed by atoms with Gasteiger partial charge in [-0.25, -0.2) is 0 Å². The second-order valence-electron chi connectivity index (χ2n) is 5.20. The van der Waals surface area contributed by atoms with Gasteiger partial charge in [0.2, 0.25) is 0 Å². The molecule has 0 saturated heterocycles. The highest BCUT2D eigenvalue weighted by molar-refractivity contribution is 5.93. The first-order chi connectivity index (χ1) is 10.4. The van der Waals surface area contributed by atoms with Crippen molar-refractivity contribution < 1.29 is 13.6 Å². The van der Waals surface area contributed by atoms with Crippen LogP contribution in [0.4, 0.5) is 8.78 Å². The standard InChI is InChI=1S/C16H19F2N3O/c1-4-12(13-9-10(2)7-8-19-13)20-15(22)14-6-5-11(3)21(14)16(17)18/h5-9,12,16H,4H2,1-3H3,(H,20,22)/t12-/m1/s1. The lowest BCUT2D eigenvalue weighted by Gasteiger charge is -2.18. The Balaban J connectivity index is 2.23. The second-order valence-corrected chi connectivity index (χ2v) is 5.20. The second kappa shape index (κ2) is 6.68. The first-order valence-corrected chi connectivity index (χ1v) is 7.13. The Morgan fingerprint density at radius 2 is 2.05 bits per heavy atom. The zero-order valence-corrected chi connectivity index (χ0v) is 12.8. The Hall–Kier alpha value is -2.24. The molecular formula is C16H19F2N3O. The van der Waals surface area contributed by atoms with Gasteiger partial charge in [-0.3, -0.25) is 14.3 Å². The summed E-state index contributed by atoms with van der Waals surface area (Å²) in [5.74, 6) is -0.524. The van der Waals surface area contributed by atoms with Crippen LogP contribution < -0.4 is 5.32 Å². The van der Waals surface area contributed by atoms with Gasteiger partial charge in [-0.15, -0.1) is 0 Å². The predicted octanol–water partition coefficient (Wildman–Crippen LogP) is 3.78. The van der Waals surface area contributed by atoms with Crippen molar-refractivity contribution in [2.45, 2.75) is 39.8 Å². The molecule has 0 fully saturated rings. The third-order valence-electron chi connectivity index (χ3n) is 3.56. The molecule has 118 valence electrons. The van der Waals surface area contributed by atoms with Crippen LogP contribution in [0.1, 0.15) is 53.4 Å². The van der Waals surface area contributed by atoms with Gasteiger partial charge in [0.15, 0.2) is 0 Å². The fourth-order valence-electron chi connectivity index (χ4n) is 2.36. The molecule has 0 bridgehead atoms. The number of aryl methyl sites for hydroxylation is 2. The van der Waals surface area contributed by atoms with Crippen LogP contribution in [0.15, 0.2) is 30.5 Å². The van der Waals surface area contributed by atoms with Crippen LogP contribution in [0.3, 0.4) is 0 Å². The van der Waals surface area contributed by atoms with Crippen molar-refractivity contribution in [2.24, 2.45) is 0 Å². The molecule has 22 heavy (non-hydrogen) atoms. The monoisotopic (exact) mass is 307 g/mol. The van der Waals surface area contributed by atoms with Crippen molar-refractivity contribution in [3.05, 3.63) is 53.1 Å². The number of amides is 1. The largest absolute Gasteiger partial charge is 0.342 e. The number of aromatic nitrogens is 2. The maximum atomic E-state index is 13.0. The number of carbonyl (C=O) groups excluding carboxylic acids is 1. The Labute approximate surface area is 128 Å². The summed E-state index contributed by atoms with van der Waals surface area (Å²) in [5.41, 5.74) is 2.06. The summed E-state index contributed by atoms with van der Waals surface area (Å²) < 4.78 is 26.8. The van der Waals surface area contributed by atoms with Crippen LogP contribution in [0.2, 0.25) is 0 Å². The molecule has 2 aromatic rings. The van der Waals surface area contributed by atoms with Crippen molar-refractivity contribution >= 4 is 5.91 Å². The lowest BCUT2D eigenvalue weighted by atomic mass is 10.1. The summed E-state index contributed by atoms with van der Waals surface area (Å²) >= 11 is 0. The lowest BCUT2D eigenvalue weighted by molar-refractivity contribution is 0.0613. The highest BCUT2D eigenvalue weighted by Gasteiger charge is 2.22. The van der Waals surface area contributed by atoms with Gasteiger partial charge in [-0.05, 0) is 50.1 Å². The third-order valence-corrected chi connectivity index (χ3v) is 3.56. The van der Waals surface area contributed by atoms with Crippen molar-refractivity contribution in [1.82, 2.24) is 14.9 Å². The average molecular weight is 307 g/mol. The first kappa shape index (κ1) is 16.1. The Morgan fingerprint density at radius 1 is 1.32 bits per heavy atom. The van der Waals surface area contributed by atoms with Gasteiger partial charge >= 0.3 is 6.55 Å². The summed E-state index contributed by atoms with van der Waals surface area (Å²) in [5, 5.41) is 2.78. The molecule has 0 saturated carbocycles. The van der Waals surface area contributed by atoms with Gasteiger partial charge in [0.25, 0.3) is 5.91 Å². The van der Waals surface area contributed by atoms with Crippen molar-refractivity contribution in [3.8, 4) is 0 Å². The maximum Gasteiger partial charge on any atom is 0.319 e. The number of carbonyl (C=O) groups is 1. The molecule has 6 heteroatoms. The average Bonchev–Trinajstić information content (AvgIpc) is 2.86. The van der Waals surface area contributed by atoms with E-state index in [1.807, 2.05) is 26.0 Å². The van der Waals surface area contributed by atoms with E-state index in [4.69, 9.17) is 0 Å². The Bertz CT molecular complexity index is 667. The summed E-state index contributed by atoms with van der Waals surface area (Å²) in [6.45, 7) is 2.65. The number of hydrogen-bond donors (Lipinski definition) is 1. The lowest BCUT2D eigenvalue weighted by Crippen LogP contribution is -2.30. The van der Waals surface area contributed by atoms with E-state index in [1.165, 1.54) is 12.1 Å². The van der Waals surface area contributed by atoms with Crippen LogP contribution in [-0.2, 0) is 0 Å². The molecule has 0 radical (unpaired) electrons. The maximum absolute atomic E-state index is 13.0. The summed E-state index contributed by atoms with van der Waals surface area (Å²) in [7, 11) is 0. The number of hydrogen-bond acceptors (Lipinski definition) is 2. The molecular weight excluding hydrogens is 288 g/mol. The van der Waals surface area contributed by atoms with E-state index in [0.717, 1.165) is 15.8 Å². The molecule has 4 nitrogen and oxygen atoms in total. The molecule has 0 spiro atoms. The molecule has 2 rings (SSSR count). The summed E-state index contributed by atoms with van der Waals surface area (Å²) in [6.07, 6.45) is 2.29. The smallest absolute Gasteiger partial charge is 0.319 e. The fraction of sp³-hybridized carbons (Fsp3) is 0.375. The SMILES string of the molecule is CC[C@@H](NC(=O)c1ccc(C)n1C(F)F)c1cc(C)ccn1. The molecule has 1 atom stereocenters. The van der Waals surface area contributed by atoms with Crippen LogP contribution >= 0.6 is 0 Å². The van der Waals surface area contributed by atoms with Gasteiger partial charge in [-0.1, -0.05) is 6.92 Å². The number of alkyl halides is 2. The van der Waals surface area contributed by atoms with E-state index in [9.17, 15) is 13.6 Å². The van der Waals surface area contributed by atoms with Gasteiger partial charge in [0.05, 0.1) is 11.7 Å². The molecule has 0 unspecified atom stereocenters. The minimum atomic E-state index is -2.74. The molecule has 0 aliphatic carbocycles. The molecule has 0 aliphatic heterocycles. The minimum absolute atomic E-state index is 0.0430. The molecule has 2 aromatic heterocycles. The first-order valence-electron chi connectivity index (χ1n) is 7.13. The predicted molar refractivity (Wildman–Crippen MR) is 79.9 cm³/mol. The van der Waals surface area contributed by atoms with Gasteiger partial charge < -0.3 is 5.32 Å². The quantitative estimate of drug-likeness (QED) is 0.914. The van der Waals surface area contributed by atoms with E-state index in [2.05, 4.69) is 10.3 Å². The molecule has 0 aliphatic rings. The number of nitrogens with zero attached hydrogens (tertiary/aromatic N) is 2. The zero-order chi connectivity index (χ0) is 16.3. The number of pyridine rings is 1. The van der Waals surface area contributed by atoms with E-state index >= 15 is 0 Å². The van der Waals surface area contributed by atoms with E-state index < -0.39 is 12.5 Å². The number of nitrogens with one attached hydrogen (secondary N) is 1. The van der Waals surface area contributed by atoms with E-state index in [-0.39, 0.29) is 11.7 Å². The minimum Gasteiger partial charge on any atom is -0.342 e. The van der Waals surface area contributed by atoms with Crippen molar-refractivity contribution in [2.75, 3.05) is 0 Å². The summed E-state index contributed by atoms with van der Waals surface area (Å²) in [6, 6.07) is 6.35. The van der Waals surface area contributed by atoms with Gasteiger partial charge in [-0.2, -0.15) is 8.78 Å². The zero-order valence-electron chi connectivity index (χ0n) is 12.8. The van der Waals surface area contributed by atoms with Gasteiger partial charge in [0, 0.05) is 11.9 Å². The molecule has 0 aromatic carbocycles. The Morgan fingerprint density at radius 3 is 2.64 bits per heavy atom. The van der Waals surface area contributed by atoms with Crippen molar-refractivity contribution in [3.63, 3.8) is 0 Å². The normalized spacial score (nSPS) is 12.5. The van der Waals surface area contributed by atoms with Crippen LogP contribution in [-0.4, -0.2) is 15.5 Å².